The van der Waals surface area contributed by atoms with Crippen LogP contribution in [0.15, 0.2) is 27.1 Å². The third kappa shape index (κ3) is 3.62. The Morgan fingerprint density at radius 3 is 2.75 bits per heavy atom. The van der Waals surface area contributed by atoms with Gasteiger partial charge in [-0.2, -0.15) is 0 Å². The Bertz CT molecular complexity index is 564. The summed E-state index contributed by atoms with van der Waals surface area (Å²) >= 11 is 7.59. The molecule has 0 atom stereocenters. The highest BCUT2D eigenvalue weighted by atomic mass is 79.9. The van der Waals surface area contributed by atoms with Gasteiger partial charge in [-0.1, -0.05) is 27.7 Å². The normalized spacial score (nSPS) is 14.8. The van der Waals surface area contributed by atoms with E-state index < -0.39 is 0 Å². The summed E-state index contributed by atoms with van der Waals surface area (Å²) < 4.78 is 1.48. The van der Waals surface area contributed by atoms with Crippen molar-refractivity contribution in [1.29, 1.82) is 0 Å². The average Bonchev–Trinajstić information content (AvgIpc) is 2.73. The number of benzene rings is 1. The maximum Gasteiger partial charge on any atom is 0.288 e. The lowest BCUT2D eigenvalue weighted by molar-refractivity contribution is -0.124. The fourth-order valence-electron chi connectivity index (χ4n) is 1.65. The molecule has 1 aromatic rings. The number of thioether (sulfide) groups is 1. The zero-order chi connectivity index (χ0) is 14.7. The molecule has 20 heavy (non-hydrogen) atoms. The first-order chi connectivity index (χ1) is 9.49. The summed E-state index contributed by atoms with van der Waals surface area (Å²) in [4.78, 5) is 35.9. The SMILES string of the molecule is O=C(NCCN1C(=O)CSC1=O)c1cc(Br)ccc1Br. The van der Waals surface area contributed by atoms with Crippen LogP contribution >= 0.6 is 43.6 Å². The Morgan fingerprint density at radius 1 is 1.35 bits per heavy atom. The van der Waals surface area contributed by atoms with Gasteiger partial charge >= 0.3 is 0 Å². The molecule has 8 heteroatoms. The van der Waals surface area contributed by atoms with E-state index in [-0.39, 0.29) is 35.9 Å². The van der Waals surface area contributed by atoms with E-state index in [9.17, 15) is 14.4 Å². The van der Waals surface area contributed by atoms with Crippen LogP contribution in [0.2, 0.25) is 0 Å². The van der Waals surface area contributed by atoms with Crippen molar-refractivity contribution in [3.63, 3.8) is 0 Å². The number of rotatable bonds is 4. The maximum absolute atomic E-state index is 12.0. The van der Waals surface area contributed by atoms with Crippen LogP contribution < -0.4 is 5.32 Å². The Morgan fingerprint density at radius 2 is 2.10 bits per heavy atom. The molecule has 0 spiro atoms. The van der Waals surface area contributed by atoms with E-state index in [1.54, 1.807) is 12.1 Å². The third-order valence-corrected chi connectivity index (χ3v) is 4.68. The second-order valence-electron chi connectivity index (χ2n) is 3.98. The van der Waals surface area contributed by atoms with Crippen LogP contribution in [0.5, 0.6) is 0 Å². The largest absolute Gasteiger partial charge is 0.350 e. The number of nitrogens with zero attached hydrogens (tertiary/aromatic N) is 1. The van der Waals surface area contributed by atoms with Crippen molar-refractivity contribution >= 4 is 60.7 Å². The molecule has 1 saturated heterocycles. The van der Waals surface area contributed by atoms with Crippen molar-refractivity contribution in [1.82, 2.24) is 10.2 Å². The van der Waals surface area contributed by atoms with Gasteiger partial charge in [-0.05, 0) is 34.1 Å². The van der Waals surface area contributed by atoms with Crippen LogP contribution in [0.25, 0.3) is 0 Å². The van der Waals surface area contributed by atoms with E-state index in [1.165, 1.54) is 0 Å². The van der Waals surface area contributed by atoms with Gasteiger partial charge in [-0.15, -0.1) is 0 Å². The highest BCUT2D eigenvalue weighted by Crippen LogP contribution is 2.21. The number of halogens is 2. The number of carbonyl (C=O) groups excluding carboxylic acids is 3. The zero-order valence-corrected chi connectivity index (χ0v) is 14.2. The first kappa shape index (κ1) is 15.5. The van der Waals surface area contributed by atoms with Crippen LogP contribution in [-0.4, -0.2) is 40.8 Å². The zero-order valence-electron chi connectivity index (χ0n) is 10.2. The molecule has 1 heterocycles. The molecular formula is C12H10Br2N2O3S. The molecule has 0 unspecified atom stereocenters. The predicted molar refractivity (Wildman–Crippen MR) is 83.7 cm³/mol. The summed E-state index contributed by atoms with van der Waals surface area (Å²) in [5, 5.41) is 2.43. The molecule has 0 radical (unpaired) electrons. The molecular weight excluding hydrogens is 412 g/mol. The highest BCUT2D eigenvalue weighted by Gasteiger charge is 2.29. The van der Waals surface area contributed by atoms with Crippen LogP contribution in [0.3, 0.4) is 0 Å². The van der Waals surface area contributed by atoms with E-state index in [0.717, 1.165) is 21.1 Å². The monoisotopic (exact) mass is 420 g/mol. The molecule has 2 rings (SSSR count). The lowest BCUT2D eigenvalue weighted by atomic mass is 10.2. The Hall–Kier alpha value is -0.860. The minimum absolute atomic E-state index is 0.184. The topological polar surface area (TPSA) is 66.5 Å². The van der Waals surface area contributed by atoms with Gasteiger partial charge in [0.05, 0.1) is 11.3 Å². The van der Waals surface area contributed by atoms with E-state index in [1.807, 2.05) is 6.07 Å². The fraction of sp³-hybridized carbons (Fsp3) is 0.250. The maximum atomic E-state index is 12.0. The quantitative estimate of drug-likeness (QED) is 0.811. The van der Waals surface area contributed by atoms with Gasteiger partial charge in [0.15, 0.2) is 0 Å². The van der Waals surface area contributed by atoms with Gasteiger partial charge in [0.1, 0.15) is 0 Å². The van der Waals surface area contributed by atoms with E-state index in [4.69, 9.17) is 0 Å². The van der Waals surface area contributed by atoms with Crippen molar-refractivity contribution in [3.05, 3.63) is 32.7 Å². The molecule has 0 aromatic heterocycles. The van der Waals surface area contributed by atoms with Gasteiger partial charge in [-0.25, -0.2) is 0 Å². The first-order valence-electron chi connectivity index (χ1n) is 5.69. The van der Waals surface area contributed by atoms with Crippen molar-refractivity contribution in [2.45, 2.75) is 0 Å². The summed E-state index contributed by atoms with van der Waals surface area (Å²) in [6.45, 7) is 0.428. The molecule has 3 amide bonds. The molecule has 106 valence electrons. The van der Waals surface area contributed by atoms with Gasteiger partial charge < -0.3 is 5.32 Å². The van der Waals surface area contributed by atoms with Crippen LogP contribution in [0.1, 0.15) is 10.4 Å². The molecule has 1 aliphatic heterocycles. The first-order valence-corrected chi connectivity index (χ1v) is 8.26. The third-order valence-electron chi connectivity index (χ3n) is 2.63. The van der Waals surface area contributed by atoms with Gasteiger partial charge in [0.25, 0.3) is 11.1 Å². The predicted octanol–water partition coefficient (Wildman–Crippen LogP) is 2.64. The Balaban J connectivity index is 1.91. The van der Waals surface area contributed by atoms with E-state index in [2.05, 4.69) is 37.2 Å². The summed E-state index contributed by atoms with van der Waals surface area (Å²) in [7, 11) is 0. The van der Waals surface area contributed by atoms with Crippen LogP contribution in [0, 0.1) is 0 Å². The molecule has 1 N–H and O–H groups in total. The van der Waals surface area contributed by atoms with Gasteiger partial charge in [0.2, 0.25) is 5.91 Å². The minimum atomic E-state index is -0.259. The molecule has 1 fully saturated rings. The fourth-order valence-corrected chi connectivity index (χ4v) is 3.18. The summed E-state index contributed by atoms with van der Waals surface area (Å²) in [6.07, 6.45) is 0. The van der Waals surface area contributed by atoms with Gasteiger partial charge in [-0.3, -0.25) is 19.3 Å². The number of nitrogens with one attached hydrogen (secondary N) is 1. The van der Waals surface area contributed by atoms with Crippen molar-refractivity contribution in [2.24, 2.45) is 0 Å². The number of hydrogen-bond donors (Lipinski definition) is 1. The molecule has 0 aliphatic carbocycles. The number of hydrogen-bond acceptors (Lipinski definition) is 4. The second kappa shape index (κ2) is 6.73. The Labute approximate surface area is 136 Å². The van der Waals surface area contributed by atoms with Crippen molar-refractivity contribution in [3.8, 4) is 0 Å². The highest BCUT2D eigenvalue weighted by molar-refractivity contribution is 9.11. The van der Waals surface area contributed by atoms with Gasteiger partial charge in [0, 0.05) is 22.0 Å². The molecule has 1 aliphatic rings. The second-order valence-corrected chi connectivity index (χ2v) is 6.68. The summed E-state index contributed by atoms with van der Waals surface area (Å²) in [6, 6.07) is 5.28. The smallest absolute Gasteiger partial charge is 0.288 e. The lowest BCUT2D eigenvalue weighted by Gasteiger charge is -2.13. The molecule has 1 aromatic carbocycles. The average molecular weight is 422 g/mol. The van der Waals surface area contributed by atoms with E-state index in [0.29, 0.717) is 10.0 Å². The van der Waals surface area contributed by atoms with Crippen molar-refractivity contribution in [2.75, 3.05) is 18.8 Å². The van der Waals surface area contributed by atoms with Crippen molar-refractivity contribution < 1.29 is 14.4 Å². The summed E-state index contributed by atoms with van der Waals surface area (Å²) in [5.41, 5.74) is 0.493. The Kier molecular flexibility index (Phi) is 5.22. The number of amides is 3. The number of imide groups is 1. The van der Waals surface area contributed by atoms with Crippen LogP contribution in [0.4, 0.5) is 4.79 Å². The number of carbonyl (C=O) groups is 3. The standard InChI is InChI=1S/C12H10Br2N2O3S/c13-7-1-2-9(14)8(5-7)11(18)15-3-4-16-10(17)6-20-12(16)19/h1-2,5H,3-4,6H2,(H,15,18). The van der Waals surface area contributed by atoms with Crippen LogP contribution in [-0.2, 0) is 4.79 Å². The molecule has 0 bridgehead atoms. The molecule has 0 saturated carbocycles. The van der Waals surface area contributed by atoms with E-state index >= 15 is 0 Å². The molecule has 5 nitrogen and oxygen atoms in total. The minimum Gasteiger partial charge on any atom is -0.350 e. The lowest BCUT2D eigenvalue weighted by Crippen LogP contribution is -2.37. The summed E-state index contributed by atoms with van der Waals surface area (Å²) in [5.74, 6) is -0.285.